The van der Waals surface area contributed by atoms with Gasteiger partial charge >= 0.3 is 12.1 Å². The Balaban J connectivity index is 3.55. The highest BCUT2D eigenvalue weighted by Crippen LogP contribution is 2.38. The number of rotatable bonds is 13. The van der Waals surface area contributed by atoms with E-state index in [4.69, 9.17) is 0 Å². The third-order valence-electron chi connectivity index (χ3n) is 3.28. The normalized spacial score (nSPS) is 14.3. The van der Waals surface area contributed by atoms with Crippen LogP contribution in [-0.4, -0.2) is 33.1 Å². The highest BCUT2D eigenvalue weighted by molar-refractivity contribution is 9.09. The van der Waals surface area contributed by atoms with Crippen LogP contribution in [0.15, 0.2) is 0 Å². The summed E-state index contributed by atoms with van der Waals surface area (Å²) in [5.74, 6) is -4.37. The first-order chi connectivity index (χ1) is 10.2. The van der Waals surface area contributed by atoms with Gasteiger partial charge in [0.2, 0.25) is 0 Å². The van der Waals surface area contributed by atoms with Gasteiger partial charge in [-0.25, -0.2) is 0 Å². The van der Waals surface area contributed by atoms with E-state index in [1.165, 1.54) is 12.8 Å². The zero-order chi connectivity index (χ0) is 17.1. The summed E-state index contributed by atoms with van der Waals surface area (Å²) < 4.78 is 72.6. The maximum Gasteiger partial charge on any atom is 0.453 e. The van der Waals surface area contributed by atoms with Crippen molar-refractivity contribution in [1.82, 2.24) is 0 Å². The quantitative estimate of drug-likeness (QED) is 0.210. The molecule has 0 rings (SSSR count). The van der Waals surface area contributed by atoms with E-state index in [0.29, 0.717) is 5.75 Å². The molecule has 1 nitrogen and oxygen atoms in total. The van der Waals surface area contributed by atoms with Crippen LogP contribution in [0.4, 0.5) is 22.0 Å². The molecule has 0 aromatic carbocycles. The first-order valence-corrected chi connectivity index (χ1v) is 10.2. The molecule has 0 heterocycles. The second-order valence-electron chi connectivity index (χ2n) is 5.32. The van der Waals surface area contributed by atoms with E-state index in [0.717, 1.165) is 37.4 Å². The molecule has 0 N–H and O–H groups in total. The van der Waals surface area contributed by atoms with Crippen LogP contribution in [-0.2, 0) is 10.8 Å². The summed E-state index contributed by atoms with van der Waals surface area (Å²) in [6, 6.07) is 0. The maximum absolute atomic E-state index is 12.6. The summed E-state index contributed by atoms with van der Waals surface area (Å²) in [6.07, 6.45) is 0.186. The molecule has 0 aromatic rings. The largest absolute Gasteiger partial charge is 0.453 e. The van der Waals surface area contributed by atoms with Gasteiger partial charge in [0.15, 0.2) is 0 Å². The number of unbranched alkanes of at least 4 members (excludes halogenated alkanes) is 6. The fraction of sp³-hybridized carbons (Fsp3) is 1.00. The van der Waals surface area contributed by atoms with Gasteiger partial charge in [-0.15, -0.1) is 0 Å². The summed E-state index contributed by atoms with van der Waals surface area (Å²) in [6.45, 7) is 0. The van der Waals surface area contributed by atoms with Gasteiger partial charge < -0.3 is 0 Å². The van der Waals surface area contributed by atoms with Gasteiger partial charge in [0, 0.05) is 34.1 Å². The van der Waals surface area contributed by atoms with Crippen LogP contribution < -0.4 is 0 Å². The molecule has 0 saturated carbocycles. The molecule has 8 heteroatoms. The van der Waals surface area contributed by atoms with Crippen LogP contribution in [0, 0.1) is 0 Å². The van der Waals surface area contributed by atoms with Crippen molar-refractivity contribution >= 4 is 26.7 Å². The van der Waals surface area contributed by atoms with E-state index in [1.54, 1.807) is 0 Å². The Morgan fingerprint density at radius 2 is 1.18 bits per heavy atom. The van der Waals surface area contributed by atoms with Gasteiger partial charge in [-0.05, 0) is 19.3 Å². The highest BCUT2D eigenvalue weighted by atomic mass is 79.9. The van der Waals surface area contributed by atoms with Crippen molar-refractivity contribution in [2.24, 2.45) is 0 Å². The van der Waals surface area contributed by atoms with Crippen molar-refractivity contribution in [1.29, 1.82) is 0 Å². The Kier molecular flexibility index (Phi) is 11.9. The lowest BCUT2D eigenvalue weighted by Crippen LogP contribution is -2.36. The summed E-state index contributed by atoms with van der Waals surface area (Å²) >= 11 is 3.36. The summed E-state index contributed by atoms with van der Waals surface area (Å²) in [7, 11) is -1.30. The Labute approximate surface area is 140 Å². The minimum absolute atomic E-state index is 0.0864. The molecule has 134 valence electrons. The maximum atomic E-state index is 12.6. The number of halogens is 6. The van der Waals surface area contributed by atoms with Crippen molar-refractivity contribution < 1.29 is 26.2 Å². The van der Waals surface area contributed by atoms with Crippen LogP contribution in [0.5, 0.6) is 0 Å². The van der Waals surface area contributed by atoms with Gasteiger partial charge in [0.25, 0.3) is 0 Å². The molecule has 0 spiro atoms. The van der Waals surface area contributed by atoms with Crippen LogP contribution >= 0.6 is 15.9 Å². The van der Waals surface area contributed by atoms with E-state index < -0.39 is 29.3 Å². The molecular weight excluding hydrogens is 391 g/mol. The molecule has 0 radical (unpaired) electrons. The van der Waals surface area contributed by atoms with Crippen LogP contribution in [0.3, 0.4) is 0 Å². The summed E-state index contributed by atoms with van der Waals surface area (Å²) in [5, 5.41) is 1.01. The first kappa shape index (κ1) is 22.3. The van der Waals surface area contributed by atoms with Crippen LogP contribution in [0.25, 0.3) is 0 Å². The second-order valence-corrected chi connectivity index (χ2v) is 7.81. The standard InChI is InChI=1S/C14H24BrF5OS/c15-10-6-4-2-1-3-5-7-11-22(21)12-8-9-13(16,17)14(18,19)20/h1-12H2. The highest BCUT2D eigenvalue weighted by Gasteiger charge is 2.56. The molecular formula is C14H24BrF5OS. The molecule has 0 aromatic heterocycles. The van der Waals surface area contributed by atoms with Crippen LogP contribution in [0.2, 0.25) is 0 Å². The lowest BCUT2D eigenvalue weighted by Gasteiger charge is -2.19. The Morgan fingerprint density at radius 1 is 0.727 bits per heavy atom. The molecule has 0 bridgehead atoms. The molecule has 0 aliphatic heterocycles. The fourth-order valence-corrected chi connectivity index (χ4v) is 3.53. The monoisotopic (exact) mass is 414 g/mol. The molecule has 22 heavy (non-hydrogen) atoms. The van der Waals surface area contributed by atoms with E-state index >= 15 is 0 Å². The second kappa shape index (κ2) is 11.8. The van der Waals surface area contributed by atoms with Gasteiger partial charge in [-0.1, -0.05) is 48.0 Å². The predicted octanol–water partition coefficient (Wildman–Crippen LogP) is 5.84. The molecule has 0 aliphatic rings. The molecule has 0 saturated heterocycles. The number of hydrogen-bond donors (Lipinski definition) is 0. The predicted molar refractivity (Wildman–Crippen MR) is 84.2 cm³/mol. The Bertz CT molecular complexity index is 310. The summed E-state index contributed by atoms with van der Waals surface area (Å²) in [5.41, 5.74) is 0. The molecule has 0 amide bonds. The number of alkyl halides is 6. The average Bonchev–Trinajstić information content (AvgIpc) is 2.40. The van der Waals surface area contributed by atoms with E-state index in [2.05, 4.69) is 15.9 Å². The van der Waals surface area contributed by atoms with Gasteiger partial charge in [0.1, 0.15) is 0 Å². The zero-order valence-electron chi connectivity index (χ0n) is 12.6. The molecule has 0 aliphatic carbocycles. The topological polar surface area (TPSA) is 17.1 Å². The minimum atomic E-state index is -5.51. The third-order valence-corrected chi connectivity index (χ3v) is 5.33. The lowest BCUT2D eigenvalue weighted by molar-refractivity contribution is -0.284. The van der Waals surface area contributed by atoms with Gasteiger partial charge in [0.05, 0.1) is 0 Å². The lowest BCUT2D eigenvalue weighted by atomic mass is 10.1. The van der Waals surface area contributed by atoms with Crippen molar-refractivity contribution in [3.8, 4) is 0 Å². The number of hydrogen-bond acceptors (Lipinski definition) is 1. The SMILES string of the molecule is O=S(CCCCCCCCCBr)CCCC(F)(F)C(F)(F)F. The molecule has 0 fully saturated rings. The average molecular weight is 415 g/mol. The minimum Gasteiger partial charge on any atom is -0.260 e. The van der Waals surface area contributed by atoms with Crippen molar-refractivity contribution in [2.75, 3.05) is 16.8 Å². The third kappa shape index (κ3) is 10.9. The smallest absolute Gasteiger partial charge is 0.260 e. The fourth-order valence-electron chi connectivity index (χ4n) is 1.94. The summed E-state index contributed by atoms with van der Waals surface area (Å²) in [4.78, 5) is 0. The van der Waals surface area contributed by atoms with Gasteiger partial charge in [-0.2, -0.15) is 22.0 Å². The van der Waals surface area contributed by atoms with Crippen molar-refractivity contribution in [2.45, 2.75) is 69.9 Å². The molecule has 1 unspecified atom stereocenters. The van der Waals surface area contributed by atoms with Crippen LogP contribution in [0.1, 0.15) is 57.8 Å². The van der Waals surface area contributed by atoms with E-state index in [1.807, 2.05) is 0 Å². The first-order valence-electron chi connectivity index (χ1n) is 7.56. The van der Waals surface area contributed by atoms with Gasteiger partial charge in [-0.3, -0.25) is 4.21 Å². The van der Waals surface area contributed by atoms with Crippen molar-refractivity contribution in [3.05, 3.63) is 0 Å². The van der Waals surface area contributed by atoms with E-state index in [9.17, 15) is 26.2 Å². The molecule has 1 atom stereocenters. The zero-order valence-corrected chi connectivity index (χ0v) is 15.0. The van der Waals surface area contributed by atoms with E-state index in [-0.39, 0.29) is 12.2 Å². The Hall–Kier alpha value is 0.280. The van der Waals surface area contributed by atoms with Crippen molar-refractivity contribution in [3.63, 3.8) is 0 Å². The Morgan fingerprint density at radius 3 is 1.68 bits per heavy atom.